The normalized spacial score (nSPS) is 11.0. The fourth-order valence-corrected chi connectivity index (χ4v) is 3.00. The van der Waals surface area contributed by atoms with E-state index < -0.39 is 4.92 Å². The van der Waals surface area contributed by atoms with Crippen molar-refractivity contribution >= 4 is 16.9 Å². The van der Waals surface area contributed by atoms with Crippen molar-refractivity contribution in [2.24, 2.45) is 0 Å². The Kier molecular flexibility index (Phi) is 3.92. The molecule has 0 aliphatic carbocycles. The number of rotatable bonds is 4. The molecular weight excluding hydrogens is 348 g/mol. The number of non-ortho nitro benzene ring substituents is 1. The summed E-state index contributed by atoms with van der Waals surface area (Å²) in [6.45, 7) is 0.281. The topological polar surface area (TPSA) is 103 Å². The lowest BCUT2D eigenvalue weighted by atomic mass is 10.2. The van der Waals surface area contributed by atoms with Crippen LogP contribution in [0.2, 0.25) is 0 Å². The number of phenols is 1. The van der Waals surface area contributed by atoms with E-state index in [1.165, 1.54) is 22.8 Å². The Balaban J connectivity index is 1.91. The molecule has 1 N–H and O–H groups in total. The fourth-order valence-electron chi connectivity index (χ4n) is 3.00. The second kappa shape index (κ2) is 6.41. The summed E-state index contributed by atoms with van der Waals surface area (Å²) in [6, 6.07) is 16.0. The standard InChI is InChI=1S/C19H14N4O4/c24-16-8-6-13(7-9-16)12-21-17-5-2-10-20-18(17)22(19(21)25)14-3-1-4-15(11-14)23(26)27/h1-11,24H,12H2. The number of fused-ring (bicyclic) bond motifs is 1. The van der Waals surface area contributed by atoms with Gasteiger partial charge in [0.15, 0.2) is 5.65 Å². The van der Waals surface area contributed by atoms with Crippen molar-refractivity contribution < 1.29 is 10.0 Å². The van der Waals surface area contributed by atoms with E-state index in [4.69, 9.17) is 0 Å². The number of phenolic OH excluding ortho intramolecular Hbond substituents is 1. The van der Waals surface area contributed by atoms with Crippen LogP contribution in [0.5, 0.6) is 5.75 Å². The van der Waals surface area contributed by atoms with E-state index in [9.17, 15) is 20.0 Å². The van der Waals surface area contributed by atoms with Gasteiger partial charge < -0.3 is 5.11 Å². The fraction of sp³-hybridized carbons (Fsp3) is 0.0526. The Labute approximate surface area is 152 Å². The van der Waals surface area contributed by atoms with Crippen molar-refractivity contribution in [1.29, 1.82) is 0 Å². The maximum Gasteiger partial charge on any atom is 0.335 e. The van der Waals surface area contributed by atoms with Gasteiger partial charge in [0.2, 0.25) is 0 Å². The van der Waals surface area contributed by atoms with Crippen molar-refractivity contribution in [3.8, 4) is 11.4 Å². The van der Waals surface area contributed by atoms with Gasteiger partial charge in [-0.2, -0.15) is 0 Å². The van der Waals surface area contributed by atoms with Crippen LogP contribution in [-0.2, 0) is 6.54 Å². The first-order valence-corrected chi connectivity index (χ1v) is 8.13. The Morgan fingerprint density at radius 1 is 1.07 bits per heavy atom. The molecule has 4 aromatic rings. The lowest BCUT2D eigenvalue weighted by molar-refractivity contribution is -0.384. The van der Waals surface area contributed by atoms with Crippen LogP contribution in [0.4, 0.5) is 5.69 Å². The van der Waals surface area contributed by atoms with Crippen molar-refractivity contribution in [3.63, 3.8) is 0 Å². The van der Waals surface area contributed by atoms with Crippen molar-refractivity contribution in [1.82, 2.24) is 14.1 Å². The first kappa shape index (κ1) is 16.5. The van der Waals surface area contributed by atoms with Crippen LogP contribution >= 0.6 is 0 Å². The Bertz CT molecular complexity index is 1210. The van der Waals surface area contributed by atoms with Gasteiger partial charge in [0.25, 0.3) is 5.69 Å². The molecule has 4 rings (SSSR count). The number of benzene rings is 2. The molecule has 0 fully saturated rings. The molecule has 2 heterocycles. The van der Waals surface area contributed by atoms with Gasteiger partial charge in [-0.1, -0.05) is 18.2 Å². The third-order valence-electron chi connectivity index (χ3n) is 4.27. The van der Waals surface area contributed by atoms with Crippen LogP contribution in [0.3, 0.4) is 0 Å². The van der Waals surface area contributed by atoms with Gasteiger partial charge in [0.05, 0.1) is 22.7 Å². The quantitative estimate of drug-likeness (QED) is 0.444. The number of nitro groups is 1. The SMILES string of the molecule is O=c1n(Cc2ccc(O)cc2)c2cccnc2n1-c1cccc([N+](=O)[O-])c1. The molecule has 0 amide bonds. The highest BCUT2D eigenvalue weighted by Crippen LogP contribution is 2.20. The van der Waals surface area contributed by atoms with Gasteiger partial charge in [0.1, 0.15) is 5.75 Å². The minimum atomic E-state index is -0.502. The van der Waals surface area contributed by atoms with E-state index in [-0.39, 0.29) is 23.7 Å². The summed E-state index contributed by atoms with van der Waals surface area (Å²) in [7, 11) is 0. The zero-order chi connectivity index (χ0) is 19.0. The third kappa shape index (κ3) is 2.93. The number of aromatic nitrogens is 3. The average Bonchev–Trinajstić information content (AvgIpc) is 2.95. The number of nitrogens with zero attached hydrogens (tertiary/aromatic N) is 4. The molecule has 0 bridgehead atoms. The Morgan fingerprint density at radius 2 is 1.85 bits per heavy atom. The minimum Gasteiger partial charge on any atom is -0.508 e. The molecule has 0 aliphatic rings. The summed E-state index contributed by atoms with van der Waals surface area (Å²) in [5.41, 5.74) is 1.79. The third-order valence-corrected chi connectivity index (χ3v) is 4.27. The minimum absolute atomic E-state index is 0.102. The number of nitro benzene ring substituents is 1. The van der Waals surface area contributed by atoms with Crippen LogP contribution in [0, 0.1) is 10.1 Å². The molecule has 0 radical (unpaired) electrons. The lowest BCUT2D eigenvalue weighted by Crippen LogP contribution is -2.23. The molecule has 134 valence electrons. The van der Waals surface area contributed by atoms with E-state index in [0.717, 1.165) is 5.56 Å². The smallest absolute Gasteiger partial charge is 0.335 e. The van der Waals surface area contributed by atoms with E-state index in [1.807, 2.05) is 0 Å². The predicted octanol–water partition coefficient (Wildman–Crippen LogP) is 2.85. The molecule has 0 spiro atoms. The summed E-state index contributed by atoms with van der Waals surface area (Å²) in [5, 5.41) is 20.5. The molecule has 0 saturated carbocycles. The highest BCUT2D eigenvalue weighted by atomic mass is 16.6. The maximum atomic E-state index is 13.1. The second-order valence-corrected chi connectivity index (χ2v) is 5.99. The van der Waals surface area contributed by atoms with Crippen LogP contribution < -0.4 is 5.69 Å². The largest absolute Gasteiger partial charge is 0.508 e. The first-order chi connectivity index (χ1) is 13.0. The first-order valence-electron chi connectivity index (χ1n) is 8.13. The highest BCUT2D eigenvalue weighted by Gasteiger charge is 2.17. The van der Waals surface area contributed by atoms with Gasteiger partial charge in [-0.25, -0.2) is 14.3 Å². The van der Waals surface area contributed by atoms with E-state index in [2.05, 4.69) is 4.98 Å². The summed E-state index contributed by atoms with van der Waals surface area (Å²) in [5.74, 6) is 0.145. The molecule has 8 nitrogen and oxygen atoms in total. The van der Waals surface area contributed by atoms with Crippen LogP contribution in [-0.4, -0.2) is 24.1 Å². The summed E-state index contributed by atoms with van der Waals surface area (Å²) >= 11 is 0. The summed E-state index contributed by atoms with van der Waals surface area (Å²) in [4.78, 5) is 28.0. The molecule has 8 heteroatoms. The van der Waals surface area contributed by atoms with Gasteiger partial charge in [0, 0.05) is 18.3 Å². The van der Waals surface area contributed by atoms with Crippen molar-refractivity contribution in [2.75, 3.05) is 0 Å². The monoisotopic (exact) mass is 362 g/mol. The van der Waals surface area contributed by atoms with Crippen molar-refractivity contribution in [3.05, 3.63) is 93.0 Å². The van der Waals surface area contributed by atoms with Gasteiger partial charge >= 0.3 is 5.69 Å². The van der Waals surface area contributed by atoms with Crippen molar-refractivity contribution in [2.45, 2.75) is 6.54 Å². The molecule has 0 unspecified atom stereocenters. The molecular formula is C19H14N4O4. The predicted molar refractivity (Wildman–Crippen MR) is 99.2 cm³/mol. The van der Waals surface area contributed by atoms with E-state index in [1.54, 1.807) is 53.2 Å². The number of imidazole rings is 1. The van der Waals surface area contributed by atoms with E-state index in [0.29, 0.717) is 16.9 Å². The number of pyridine rings is 1. The zero-order valence-corrected chi connectivity index (χ0v) is 14.0. The average molecular weight is 362 g/mol. The Morgan fingerprint density at radius 3 is 2.59 bits per heavy atom. The number of aromatic hydroxyl groups is 1. The molecule has 27 heavy (non-hydrogen) atoms. The zero-order valence-electron chi connectivity index (χ0n) is 14.0. The molecule has 2 aromatic carbocycles. The van der Waals surface area contributed by atoms with Crippen LogP contribution in [0.15, 0.2) is 71.7 Å². The van der Waals surface area contributed by atoms with Crippen LogP contribution in [0.25, 0.3) is 16.9 Å². The maximum absolute atomic E-state index is 13.1. The molecule has 2 aromatic heterocycles. The summed E-state index contributed by atoms with van der Waals surface area (Å²) < 4.78 is 2.91. The lowest BCUT2D eigenvalue weighted by Gasteiger charge is -2.04. The summed E-state index contributed by atoms with van der Waals surface area (Å²) in [6.07, 6.45) is 1.57. The molecule has 0 saturated heterocycles. The molecule has 0 atom stereocenters. The second-order valence-electron chi connectivity index (χ2n) is 5.99. The number of hydrogen-bond acceptors (Lipinski definition) is 5. The van der Waals surface area contributed by atoms with Gasteiger partial charge in [-0.05, 0) is 35.9 Å². The van der Waals surface area contributed by atoms with Gasteiger partial charge in [-0.3, -0.25) is 14.7 Å². The molecule has 0 aliphatic heterocycles. The van der Waals surface area contributed by atoms with Crippen LogP contribution in [0.1, 0.15) is 5.56 Å². The highest BCUT2D eigenvalue weighted by molar-refractivity contribution is 5.74. The van der Waals surface area contributed by atoms with Gasteiger partial charge in [-0.15, -0.1) is 0 Å². The Hall–Kier alpha value is -3.94. The van der Waals surface area contributed by atoms with E-state index >= 15 is 0 Å². The number of hydrogen-bond donors (Lipinski definition) is 1.